The highest BCUT2D eigenvalue weighted by molar-refractivity contribution is 6.00. The van der Waals surface area contributed by atoms with Crippen LogP contribution in [-0.2, 0) is 9.53 Å². The van der Waals surface area contributed by atoms with Crippen molar-refractivity contribution in [3.05, 3.63) is 11.8 Å². The smallest absolute Gasteiger partial charge is 0.410 e. The molecule has 0 aromatic rings. The Kier molecular flexibility index (Phi) is 5.98. The van der Waals surface area contributed by atoms with Crippen LogP contribution in [0.1, 0.15) is 33.6 Å². The van der Waals surface area contributed by atoms with Crippen LogP contribution >= 0.6 is 0 Å². The van der Waals surface area contributed by atoms with Crippen molar-refractivity contribution in [2.45, 2.75) is 39.2 Å². The Morgan fingerprint density at radius 2 is 2.00 bits per heavy atom. The highest BCUT2D eigenvalue weighted by Gasteiger charge is 2.32. The summed E-state index contributed by atoms with van der Waals surface area (Å²) < 4.78 is 5.34. The van der Waals surface area contributed by atoms with Gasteiger partial charge in [0, 0.05) is 39.3 Å². The van der Waals surface area contributed by atoms with Gasteiger partial charge in [-0.1, -0.05) is 0 Å². The van der Waals surface area contributed by atoms with Gasteiger partial charge < -0.3 is 14.5 Å². The van der Waals surface area contributed by atoms with Crippen LogP contribution < -0.4 is 0 Å². The maximum absolute atomic E-state index is 12.4. The van der Waals surface area contributed by atoms with Crippen molar-refractivity contribution in [3.8, 4) is 6.07 Å². The third-order valence-electron chi connectivity index (χ3n) is 3.22. The summed E-state index contributed by atoms with van der Waals surface area (Å²) in [5, 5.41) is 9.13. The largest absolute Gasteiger partial charge is 0.444 e. The molecule has 6 nitrogen and oxygen atoms in total. The lowest BCUT2D eigenvalue weighted by Gasteiger charge is -2.33. The van der Waals surface area contributed by atoms with E-state index in [0.29, 0.717) is 19.5 Å². The van der Waals surface area contributed by atoms with Crippen molar-refractivity contribution >= 4 is 11.9 Å². The number of hydrogen-bond acceptors (Lipinski definition) is 5. The van der Waals surface area contributed by atoms with Crippen molar-refractivity contribution in [2.75, 3.05) is 27.2 Å². The molecule has 1 unspecified atom stereocenters. The van der Waals surface area contributed by atoms with Gasteiger partial charge in [0.25, 0.3) is 0 Å². The van der Waals surface area contributed by atoms with E-state index in [-0.39, 0.29) is 17.3 Å². The Hall–Kier alpha value is -2.03. The fourth-order valence-electron chi connectivity index (χ4n) is 2.31. The van der Waals surface area contributed by atoms with E-state index in [4.69, 9.17) is 10.00 Å². The molecule has 0 spiro atoms. The minimum absolute atomic E-state index is 0.126. The number of piperidine rings is 1. The first-order valence-electron chi connectivity index (χ1n) is 7.44. The molecule has 1 rings (SSSR count). The van der Waals surface area contributed by atoms with Crippen LogP contribution in [0.15, 0.2) is 11.8 Å². The molecule has 1 saturated heterocycles. The summed E-state index contributed by atoms with van der Waals surface area (Å²) >= 11 is 0. The Labute approximate surface area is 132 Å². The van der Waals surface area contributed by atoms with E-state index in [2.05, 4.69) is 0 Å². The van der Waals surface area contributed by atoms with Crippen molar-refractivity contribution in [2.24, 2.45) is 5.92 Å². The Morgan fingerprint density at radius 3 is 2.50 bits per heavy atom. The molecule has 0 saturated carbocycles. The number of allylic oxidation sites excluding steroid dienone is 1. The summed E-state index contributed by atoms with van der Waals surface area (Å²) in [5.41, 5.74) is -0.433. The van der Waals surface area contributed by atoms with Crippen LogP contribution in [0.2, 0.25) is 0 Å². The number of nitriles is 1. The molecule has 1 fully saturated rings. The fraction of sp³-hybridized carbons (Fsp3) is 0.688. The monoisotopic (exact) mass is 307 g/mol. The average molecular weight is 307 g/mol. The van der Waals surface area contributed by atoms with Gasteiger partial charge in [-0.05, 0) is 33.6 Å². The molecule has 1 atom stereocenters. The lowest BCUT2D eigenvalue weighted by Crippen LogP contribution is -2.44. The first-order valence-corrected chi connectivity index (χ1v) is 7.44. The van der Waals surface area contributed by atoms with Gasteiger partial charge in [-0.25, -0.2) is 4.79 Å². The third-order valence-corrected chi connectivity index (χ3v) is 3.22. The number of ether oxygens (including phenoxy) is 1. The van der Waals surface area contributed by atoms with Crippen LogP contribution in [0.4, 0.5) is 4.79 Å². The van der Waals surface area contributed by atoms with E-state index in [9.17, 15) is 9.59 Å². The zero-order valence-electron chi connectivity index (χ0n) is 14.0. The van der Waals surface area contributed by atoms with Crippen molar-refractivity contribution in [1.29, 1.82) is 5.26 Å². The first-order chi connectivity index (χ1) is 10.1. The van der Waals surface area contributed by atoms with Gasteiger partial charge in [0.05, 0.1) is 0 Å². The third kappa shape index (κ3) is 5.40. The molecule has 1 amide bonds. The molecule has 1 heterocycles. The molecule has 0 radical (unpaired) electrons. The molecule has 0 aliphatic carbocycles. The average Bonchev–Trinajstić information content (AvgIpc) is 2.42. The van der Waals surface area contributed by atoms with Gasteiger partial charge in [-0.2, -0.15) is 5.26 Å². The second-order valence-corrected chi connectivity index (χ2v) is 6.75. The summed E-state index contributed by atoms with van der Waals surface area (Å²) in [5.74, 6) is -0.545. The number of ketones is 1. The second-order valence-electron chi connectivity index (χ2n) is 6.75. The maximum atomic E-state index is 12.4. The molecule has 1 aliphatic rings. The lowest BCUT2D eigenvalue weighted by atomic mass is 9.90. The normalized spacial score (nSPS) is 19.4. The Bertz CT molecular complexity index is 498. The van der Waals surface area contributed by atoms with E-state index in [0.717, 1.165) is 6.42 Å². The number of rotatable bonds is 3. The quantitative estimate of drug-likeness (QED) is 0.590. The van der Waals surface area contributed by atoms with Crippen molar-refractivity contribution in [1.82, 2.24) is 9.80 Å². The topological polar surface area (TPSA) is 73.6 Å². The van der Waals surface area contributed by atoms with Gasteiger partial charge >= 0.3 is 6.09 Å². The van der Waals surface area contributed by atoms with Gasteiger partial charge in [0.1, 0.15) is 17.2 Å². The van der Waals surface area contributed by atoms with Gasteiger partial charge in [0.15, 0.2) is 5.78 Å². The van der Waals surface area contributed by atoms with Crippen LogP contribution in [-0.4, -0.2) is 54.5 Å². The van der Waals surface area contributed by atoms with E-state index in [1.54, 1.807) is 23.9 Å². The molecule has 0 aromatic heterocycles. The van der Waals surface area contributed by atoms with E-state index in [1.807, 2.05) is 26.8 Å². The number of carbonyl (C=O) groups is 2. The Morgan fingerprint density at radius 1 is 1.36 bits per heavy atom. The zero-order valence-corrected chi connectivity index (χ0v) is 14.0. The fourth-order valence-corrected chi connectivity index (χ4v) is 2.31. The standard InChI is InChI=1S/C16H25N3O3/c1-16(2,3)22-15(21)19-8-6-7-12(11-19)14(20)13(9-17)10-18(4)5/h10,12H,6-8,11H2,1-5H3. The summed E-state index contributed by atoms with van der Waals surface area (Å²) in [7, 11) is 3.52. The molecule has 6 heteroatoms. The first kappa shape index (κ1) is 18.0. The number of carbonyl (C=O) groups excluding carboxylic acids is 2. The number of hydrogen-bond donors (Lipinski definition) is 0. The molecule has 0 N–H and O–H groups in total. The molecule has 122 valence electrons. The minimum Gasteiger partial charge on any atom is -0.444 e. The summed E-state index contributed by atoms with van der Waals surface area (Å²) in [4.78, 5) is 27.8. The SMILES string of the molecule is CN(C)C=C(C#N)C(=O)C1CCCN(C(=O)OC(C)(C)C)C1. The van der Waals surface area contributed by atoms with Gasteiger partial charge in [0.2, 0.25) is 0 Å². The molecule has 1 aliphatic heterocycles. The van der Waals surface area contributed by atoms with E-state index in [1.165, 1.54) is 6.20 Å². The molecular formula is C16H25N3O3. The van der Waals surface area contributed by atoms with Crippen molar-refractivity contribution in [3.63, 3.8) is 0 Å². The van der Waals surface area contributed by atoms with Gasteiger partial charge in [-0.15, -0.1) is 0 Å². The number of Topliss-reactive ketones (excluding diaryl/α,β-unsaturated/α-hetero) is 1. The highest BCUT2D eigenvalue weighted by atomic mass is 16.6. The summed E-state index contributed by atoms with van der Waals surface area (Å²) in [6.45, 7) is 6.32. The van der Waals surface area contributed by atoms with E-state index >= 15 is 0 Å². The number of nitrogens with zero attached hydrogens (tertiary/aromatic N) is 3. The van der Waals surface area contributed by atoms with Crippen LogP contribution in [0, 0.1) is 17.2 Å². The Balaban J connectivity index is 2.76. The number of likely N-dealkylation sites (tertiary alicyclic amines) is 1. The highest BCUT2D eigenvalue weighted by Crippen LogP contribution is 2.22. The van der Waals surface area contributed by atoms with Gasteiger partial charge in [-0.3, -0.25) is 4.79 Å². The maximum Gasteiger partial charge on any atom is 0.410 e. The molecule has 0 bridgehead atoms. The van der Waals surface area contributed by atoms with Crippen LogP contribution in [0.5, 0.6) is 0 Å². The van der Waals surface area contributed by atoms with Crippen LogP contribution in [0.3, 0.4) is 0 Å². The summed E-state index contributed by atoms with van der Waals surface area (Å²) in [6, 6.07) is 1.95. The lowest BCUT2D eigenvalue weighted by molar-refractivity contribution is -0.120. The summed E-state index contributed by atoms with van der Waals surface area (Å²) in [6.07, 6.45) is 2.54. The predicted octanol–water partition coefficient (Wildman–Crippen LogP) is 2.17. The molecule has 22 heavy (non-hydrogen) atoms. The van der Waals surface area contributed by atoms with Crippen molar-refractivity contribution < 1.29 is 14.3 Å². The second kappa shape index (κ2) is 7.30. The van der Waals surface area contributed by atoms with Crippen LogP contribution in [0.25, 0.3) is 0 Å². The predicted molar refractivity (Wildman–Crippen MR) is 82.9 cm³/mol. The zero-order chi connectivity index (χ0) is 16.9. The number of amides is 1. The van der Waals surface area contributed by atoms with E-state index < -0.39 is 11.7 Å². The molecular weight excluding hydrogens is 282 g/mol. The minimum atomic E-state index is -0.559. The molecule has 0 aromatic carbocycles.